The van der Waals surface area contributed by atoms with E-state index in [0.29, 0.717) is 19.3 Å². The van der Waals surface area contributed by atoms with E-state index < -0.39 is 42.4 Å². The second-order valence-electron chi connectivity index (χ2n) is 5.61. The lowest BCUT2D eigenvalue weighted by Gasteiger charge is -2.32. The van der Waals surface area contributed by atoms with Crippen LogP contribution in [0, 0.1) is 23.2 Å². The molecule has 0 aromatic heterocycles. The molecule has 0 heterocycles. The van der Waals surface area contributed by atoms with E-state index >= 15 is 0 Å². The molecule has 2 fully saturated rings. The van der Waals surface area contributed by atoms with E-state index in [-0.39, 0.29) is 19.3 Å². The number of rotatable bonds is 2. The molecular formula is C14H18F3NO2. The molecule has 0 aromatic carbocycles. The van der Waals surface area contributed by atoms with Crippen LogP contribution in [0.2, 0.25) is 0 Å². The summed E-state index contributed by atoms with van der Waals surface area (Å²) >= 11 is 0. The molecule has 0 N–H and O–H groups in total. The van der Waals surface area contributed by atoms with Crippen LogP contribution in [0.5, 0.6) is 0 Å². The molecule has 2 aliphatic carbocycles. The molecule has 5 unspecified atom stereocenters. The molecule has 0 aliphatic heterocycles. The second-order valence-corrected chi connectivity index (χ2v) is 5.61. The van der Waals surface area contributed by atoms with Crippen molar-refractivity contribution in [3.05, 3.63) is 0 Å². The Morgan fingerprint density at radius 3 is 2.25 bits per heavy atom. The minimum atomic E-state index is -1.53. The number of hydrogen-bond acceptors (Lipinski definition) is 3. The van der Waals surface area contributed by atoms with Gasteiger partial charge in [-0.05, 0) is 32.1 Å². The van der Waals surface area contributed by atoms with Gasteiger partial charge in [0.25, 0.3) is 0 Å². The van der Waals surface area contributed by atoms with Crippen molar-refractivity contribution in [1.82, 2.24) is 0 Å². The smallest absolute Gasteiger partial charge is 0.315 e. The van der Waals surface area contributed by atoms with Crippen LogP contribution in [0.15, 0.2) is 0 Å². The van der Waals surface area contributed by atoms with Crippen molar-refractivity contribution in [3.8, 4) is 6.07 Å². The third-order valence-electron chi connectivity index (χ3n) is 4.18. The summed E-state index contributed by atoms with van der Waals surface area (Å²) in [6, 6.07) is 1.87. The number of carbonyl (C=O) groups excluding carboxylic acids is 1. The molecule has 20 heavy (non-hydrogen) atoms. The van der Waals surface area contributed by atoms with Gasteiger partial charge in [0.15, 0.2) is 0 Å². The van der Waals surface area contributed by atoms with Gasteiger partial charge in [0, 0.05) is 6.42 Å². The number of halogens is 3. The summed E-state index contributed by atoms with van der Waals surface area (Å²) in [5.41, 5.74) is 0. The first-order valence-electron chi connectivity index (χ1n) is 7.05. The van der Waals surface area contributed by atoms with E-state index in [1.807, 2.05) is 6.07 Å². The summed E-state index contributed by atoms with van der Waals surface area (Å²) in [4.78, 5) is 11.9. The molecule has 3 nitrogen and oxygen atoms in total. The first-order chi connectivity index (χ1) is 9.52. The van der Waals surface area contributed by atoms with E-state index in [1.165, 1.54) is 0 Å². The van der Waals surface area contributed by atoms with Gasteiger partial charge in [-0.1, -0.05) is 0 Å². The fourth-order valence-electron chi connectivity index (χ4n) is 2.96. The normalized spacial score (nSPS) is 41.7. The molecule has 6 heteroatoms. The molecule has 0 radical (unpaired) electrons. The van der Waals surface area contributed by atoms with Crippen LogP contribution in [0.1, 0.15) is 38.5 Å². The third-order valence-corrected chi connectivity index (χ3v) is 4.18. The first kappa shape index (κ1) is 15.1. The van der Waals surface area contributed by atoms with Crippen molar-refractivity contribution in [1.29, 1.82) is 5.26 Å². The Bertz CT molecular complexity index is 388. The highest BCUT2D eigenvalue weighted by atomic mass is 19.1. The maximum absolute atomic E-state index is 13.6. The standard InChI is InChI=1S/C14H18F3NO2/c15-10-2-1-3-11(16)13(10)14(19)20-9-5-4-8(7-18)12(17)6-9/h8-13H,1-6H2. The molecule has 5 atom stereocenters. The van der Waals surface area contributed by atoms with Crippen LogP contribution in [0.25, 0.3) is 0 Å². The quantitative estimate of drug-likeness (QED) is 0.734. The molecule has 2 rings (SSSR count). The Kier molecular flexibility index (Phi) is 4.90. The number of hydrogen-bond donors (Lipinski definition) is 0. The van der Waals surface area contributed by atoms with Gasteiger partial charge in [-0.2, -0.15) is 5.26 Å². The van der Waals surface area contributed by atoms with E-state index in [0.717, 1.165) is 0 Å². The molecular weight excluding hydrogens is 271 g/mol. The molecule has 0 bridgehead atoms. The van der Waals surface area contributed by atoms with Crippen molar-refractivity contribution >= 4 is 5.97 Å². The van der Waals surface area contributed by atoms with E-state index in [2.05, 4.69) is 0 Å². The fourth-order valence-corrected chi connectivity index (χ4v) is 2.96. The molecule has 0 amide bonds. The van der Waals surface area contributed by atoms with Gasteiger partial charge in [-0.3, -0.25) is 4.79 Å². The predicted octanol–water partition coefficient (Wildman–Crippen LogP) is 3.04. The van der Waals surface area contributed by atoms with Crippen LogP contribution in [0.4, 0.5) is 13.2 Å². The Balaban J connectivity index is 1.90. The molecule has 2 saturated carbocycles. The van der Waals surface area contributed by atoms with Crippen molar-refractivity contribution in [2.24, 2.45) is 11.8 Å². The lowest BCUT2D eigenvalue weighted by Crippen LogP contribution is -2.41. The van der Waals surface area contributed by atoms with Gasteiger partial charge < -0.3 is 4.74 Å². The van der Waals surface area contributed by atoms with Gasteiger partial charge in [-0.15, -0.1) is 0 Å². The summed E-state index contributed by atoms with van der Waals surface area (Å²) in [6.45, 7) is 0. The Morgan fingerprint density at radius 2 is 1.70 bits per heavy atom. The van der Waals surface area contributed by atoms with Gasteiger partial charge in [0.05, 0.1) is 12.0 Å². The minimum absolute atomic E-state index is 0.0649. The van der Waals surface area contributed by atoms with Gasteiger partial charge in [0.1, 0.15) is 30.5 Å². The van der Waals surface area contributed by atoms with Crippen molar-refractivity contribution in [3.63, 3.8) is 0 Å². The number of nitrogens with zero attached hydrogens (tertiary/aromatic N) is 1. The largest absolute Gasteiger partial charge is 0.462 e. The van der Waals surface area contributed by atoms with Crippen molar-refractivity contribution < 1.29 is 22.7 Å². The molecule has 2 aliphatic rings. The Hall–Kier alpha value is -1.25. The average molecular weight is 289 g/mol. The van der Waals surface area contributed by atoms with Crippen LogP contribution in [0.3, 0.4) is 0 Å². The zero-order valence-electron chi connectivity index (χ0n) is 11.1. The monoisotopic (exact) mass is 289 g/mol. The van der Waals surface area contributed by atoms with Crippen LogP contribution < -0.4 is 0 Å². The minimum Gasteiger partial charge on any atom is -0.462 e. The summed E-state index contributed by atoms with van der Waals surface area (Å²) in [5, 5.41) is 8.71. The van der Waals surface area contributed by atoms with Gasteiger partial charge in [-0.25, -0.2) is 13.2 Å². The molecule has 0 aromatic rings. The van der Waals surface area contributed by atoms with E-state index in [1.54, 1.807) is 0 Å². The van der Waals surface area contributed by atoms with Gasteiger partial charge in [0.2, 0.25) is 0 Å². The lowest BCUT2D eigenvalue weighted by molar-refractivity contribution is -0.163. The molecule has 0 saturated heterocycles. The SMILES string of the molecule is N#CC1CCC(OC(=O)C2C(F)CCCC2F)CC1F. The van der Waals surface area contributed by atoms with Crippen LogP contribution >= 0.6 is 0 Å². The maximum atomic E-state index is 13.6. The molecule has 0 spiro atoms. The summed E-state index contributed by atoms with van der Waals surface area (Å²) in [7, 11) is 0. The van der Waals surface area contributed by atoms with Crippen LogP contribution in [-0.4, -0.2) is 30.6 Å². The highest BCUT2D eigenvalue weighted by molar-refractivity contribution is 5.74. The number of alkyl halides is 3. The Labute approximate surface area is 116 Å². The number of esters is 1. The maximum Gasteiger partial charge on any atom is 0.315 e. The second kappa shape index (κ2) is 6.47. The number of nitriles is 1. The van der Waals surface area contributed by atoms with Crippen molar-refractivity contribution in [2.75, 3.05) is 0 Å². The van der Waals surface area contributed by atoms with Crippen molar-refractivity contribution in [2.45, 2.75) is 63.1 Å². The highest BCUT2D eigenvalue weighted by Gasteiger charge is 2.42. The average Bonchev–Trinajstić information content (AvgIpc) is 2.38. The van der Waals surface area contributed by atoms with Crippen LogP contribution in [-0.2, 0) is 9.53 Å². The Morgan fingerprint density at radius 1 is 1.05 bits per heavy atom. The first-order valence-corrected chi connectivity index (χ1v) is 7.05. The topological polar surface area (TPSA) is 50.1 Å². The van der Waals surface area contributed by atoms with Gasteiger partial charge >= 0.3 is 5.97 Å². The number of carbonyl (C=O) groups is 1. The lowest BCUT2D eigenvalue weighted by atomic mass is 9.85. The fraction of sp³-hybridized carbons (Fsp3) is 0.857. The highest BCUT2D eigenvalue weighted by Crippen LogP contribution is 2.33. The summed E-state index contributed by atoms with van der Waals surface area (Å²) in [6.07, 6.45) is -3.73. The van der Waals surface area contributed by atoms with E-state index in [4.69, 9.17) is 10.00 Å². The summed E-state index contributed by atoms with van der Waals surface area (Å²) < 4.78 is 45.9. The van der Waals surface area contributed by atoms with E-state index in [9.17, 15) is 18.0 Å². The zero-order chi connectivity index (χ0) is 14.7. The zero-order valence-corrected chi connectivity index (χ0v) is 11.1. The number of ether oxygens (including phenoxy) is 1. The predicted molar refractivity (Wildman–Crippen MR) is 64.9 cm³/mol. The summed E-state index contributed by atoms with van der Waals surface area (Å²) in [5.74, 6) is -2.96. The molecule has 112 valence electrons. The third kappa shape index (κ3) is 3.25.